The Labute approximate surface area is 180 Å². The van der Waals surface area contributed by atoms with E-state index in [4.69, 9.17) is 0 Å². The van der Waals surface area contributed by atoms with Crippen molar-refractivity contribution in [1.82, 2.24) is 19.7 Å². The van der Waals surface area contributed by atoms with E-state index >= 15 is 0 Å². The molecule has 1 aromatic carbocycles. The number of thioether (sulfide) groups is 1. The number of hydrogen-bond acceptors (Lipinski definition) is 5. The maximum absolute atomic E-state index is 13.7. The molecule has 1 unspecified atom stereocenters. The Bertz CT molecular complexity index is 917. The maximum atomic E-state index is 13.7. The third-order valence-electron chi connectivity index (χ3n) is 5.20. The molecule has 2 heterocycles. The van der Waals surface area contributed by atoms with Gasteiger partial charge in [0.25, 0.3) is 0 Å². The second-order valence-corrected chi connectivity index (χ2v) is 8.79. The summed E-state index contributed by atoms with van der Waals surface area (Å²) in [4.78, 5) is 26.7. The van der Waals surface area contributed by atoms with E-state index in [-0.39, 0.29) is 17.6 Å². The number of aryl methyl sites for hydroxylation is 1. The van der Waals surface area contributed by atoms with Gasteiger partial charge in [0, 0.05) is 25.2 Å². The normalized spacial score (nSPS) is 15.7. The van der Waals surface area contributed by atoms with Gasteiger partial charge in [0.1, 0.15) is 5.82 Å². The SMILES string of the molecule is CCn1c(CN2CCCCCC2=O)nnc1SC(C)C(=O)Nc1ccc(C)c(F)c1. The maximum Gasteiger partial charge on any atom is 0.237 e. The zero-order valence-electron chi connectivity index (χ0n) is 17.7. The smallest absolute Gasteiger partial charge is 0.237 e. The lowest BCUT2D eigenvalue weighted by atomic mass is 10.2. The number of anilines is 1. The van der Waals surface area contributed by atoms with Gasteiger partial charge in [-0.25, -0.2) is 4.39 Å². The van der Waals surface area contributed by atoms with Crippen molar-refractivity contribution < 1.29 is 14.0 Å². The van der Waals surface area contributed by atoms with Crippen LogP contribution in [0.2, 0.25) is 0 Å². The van der Waals surface area contributed by atoms with Gasteiger partial charge in [0.05, 0.1) is 11.8 Å². The fourth-order valence-corrected chi connectivity index (χ4v) is 4.28. The summed E-state index contributed by atoms with van der Waals surface area (Å²) in [6, 6.07) is 4.63. The van der Waals surface area contributed by atoms with Crippen LogP contribution in [0.15, 0.2) is 23.4 Å². The lowest BCUT2D eigenvalue weighted by Crippen LogP contribution is -2.31. The van der Waals surface area contributed by atoms with Crippen LogP contribution < -0.4 is 5.32 Å². The number of amides is 2. The van der Waals surface area contributed by atoms with E-state index < -0.39 is 5.25 Å². The molecule has 3 rings (SSSR count). The lowest BCUT2D eigenvalue weighted by molar-refractivity contribution is -0.131. The predicted octanol–water partition coefficient (Wildman–Crippen LogP) is 3.77. The minimum absolute atomic E-state index is 0.158. The minimum Gasteiger partial charge on any atom is -0.335 e. The van der Waals surface area contributed by atoms with E-state index in [1.54, 1.807) is 26.0 Å². The van der Waals surface area contributed by atoms with Gasteiger partial charge in [-0.15, -0.1) is 10.2 Å². The first-order chi connectivity index (χ1) is 14.4. The van der Waals surface area contributed by atoms with Crippen LogP contribution in [0.1, 0.15) is 50.9 Å². The van der Waals surface area contributed by atoms with Crippen molar-refractivity contribution in [1.29, 1.82) is 0 Å². The van der Waals surface area contributed by atoms with Gasteiger partial charge in [-0.2, -0.15) is 0 Å². The molecule has 9 heteroatoms. The predicted molar refractivity (Wildman–Crippen MR) is 115 cm³/mol. The van der Waals surface area contributed by atoms with E-state index in [0.29, 0.717) is 35.9 Å². The molecule has 0 bridgehead atoms. The van der Waals surface area contributed by atoms with Gasteiger partial charge in [-0.05, 0) is 51.3 Å². The number of likely N-dealkylation sites (tertiary alicyclic amines) is 1. The molecule has 1 N–H and O–H groups in total. The molecular weight excluding hydrogens is 405 g/mol. The van der Waals surface area contributed by atoms with E-state index in [1.807, 2.05) is 16.4 Å². The van der Waals surface area contributed by atoms with Gasteiger partial charge in [0.15, 0.2) is 11.0 Å². The number of rotatable bonds is 7. The lowest BCUT2D eigenvalue weighted by Gasteiger charge is -2.20. The molecule has 7 nitrogen and oxygen atoms in total. The molecule has 0 saturated carbocycles. The Morgan fingerprint density at radius 3 is 2.83 bits per heavy atom. The Morgan fingerprint density at radius 1 is 1.30 bits per heavy atom. The molecule has 0 spiro atoms. The molecule has 2 aromatic rings. The molecule has 162 valence electrons. The number of hydrogen-bond donors (Lipinski definition) is 1. The summed E-state index contributed by atoms with van der Waals surface area (Å²) >= 11 is 1.30. The topological polar surface area (TPSA) is 80.1 Å². The van der Waals surface area contributed by atoms with Crippen LogP contribution in [0, 0.1) is 12.7 Å². The first-order valence-corrected chi connectivity index (χ1v) is 11.2. The molecule has 2 amide bonds. The molecule has 0 radical (unpaired) electrons. The average Bonchev–Trinajstić information content (AvgIpc) is 2.98. The van der Waals surface area contributed by atoms with Crippen LogP contribution in [0.25, 0.3) is 0 Å². The van der Waals surface area contributed by atoms with Crippen molar-refractivity contribution >= 4 is 29.3 Å². The van der Waals surface area contributed by atoms with Gasteiger partial charge < -0.3 is 14.8 Å². The Hall–Kier alpha value is -2.42. The molecule has 1 saturated heterocycles. The van der Waals surface area contributed by atoms with Gasteiger partial charge in [-0.1, -0.05) is 24.2 Å². The highest BCUT2D eigenvalue weighted by molar-refractivity contribution is 8.00. The van der Waals surface area contributed by atoms with Crippen molar-refractivity contribution in [2.24, 2.45) is 0 Å². The highest BCUT2D eigenvalue weighted by Gasteiger charge is 2.23. The third-order valence-corrected chi connectivity index (χ3v) is 6.28. The minimum atomic E-state index is -0.448. The van der Waals surface area contributed by atoms with Crippen molar-refractivity contribution in [3.63, 3.8) is 0 Å². The van der Waals surface area contributed by atoms with Crippen molar-refractivity contribution in [2.75, 3.05) is 11.9 Å². The quantitative estimate of drug-likeness (QED) is 0.673. The summed E-state index contributed by atoms with van der Waals surface area (Å²) in [6.07, 6.45) is 3.60. The zero-order valence-corrected chi connectivity index (χ0v) is 18.5. The molecule has 30 heavy (non-hydrogen) atoms. The first-order valence-electron chi connectivity index (χ1n) is 10.3. The standard InChI is InChI=1S/C21H28FN5O2S/c1-4-27-18(13-26-11-7-5-6-8-19(26)28)24-25-21(27)30-15(3)20(29)23-16-10-9-14(2)17(22)12-16/h9-10,12,15H,4-8,11,13H2,1-3H3,(H,23,29). The van der Waals surface area contributed by atoms with Crippen molar-refractivity contribution in [3.8, 4) is 0 Å². The Balaban J connectivity index is 1.66. The van der Waals surface area contributed by atoms with Crippen LogP contribution in [0.3, 0.4) is 0 Å². The summed E-state index contributed by atoms with van der Waals surface area (Å²) in [5.41, 5.74) is 0.953. The number of carbonyl (C=O) groups is 2. The molecular formula is C21H28FN5O2S. The van der Waals surface area contributed by atoms with Crippen molar-refractivity contribution in [2.45, 2.75) is 70.0 Å². The average molecular weight is 434 g/mol. The second-order valence-electron chi connectivity index (χ2n) is 7.48. The van der Waals surface area contributed by atoms with E-state index in [1.165, 1.54) is 17.8 Å². The first kappa shape index (κ1) is 22.3. The number of carbonyl (C=O) groups excluding carboxylic acids is 2. The van der Waals surface area contributed by atoms with Gasteiger partial charge in [-0.3, -0.25) is 9.59 Å². The van der Waals surface area contributed by atoms with E-state index in [9.17, 15) is 14.0 Å². The Morgan fingerprint density at radius 2 is 2.10 bits per heavy atom. The van der Waals surface area contributed by atoms with Gasteiger partial charge >= 0.3 is 0 Å². The summed E-state index contributed by atoms with van der Waals surface area (Å²) < 4.78 is 15.7. The van der Waals surface area contributed by atoms with Crippen LogP contribution in [-0.4, -0.2) is 43.3 Å². The van der Waals surface area contributed by atoms with E-state index in [0.717, 1.165) is 31.6 Å². The third kappa shape index (κ3) is 5.38. The Kier molecular flexibility index (Phi) is 7.47. The molecule has 1 atom stereocenters. The molecule has 1 aromatic heterocycles. The zero-order chi connectivity index (χ0) is 21.7. The number of halogens is 1. The summed E-state index contributed by atoms with van der Waals surface area (Å²) in [5, 5.41) is 11.5. The van der Waals surface area contributed by atoms with Gasteiger partial charge in [0.2, 0.25) is 11.8 Å². The number of aromatic nitrogens is 3. The largest absolute Gasteiger partial charge is 0.335 e. The summed E-state index contributed by atoms with van der Waals surface area (Å²) in [6.45, 7) is 7.25. The number of nitrogens with zero attached hydrogens (tertiary/aromatic N) is 4. The number of benzene rings is 1. The van der Waals surface area contributed by atoms with Crippen LogP contribution in [0.5, 0.6) is 0 Å². The summed E-state index contributed by atoms with van der Waals surface area (Å²) in [7, 11) is 0. The second kappa shape index (κ2) is 10.1. The molecule has 0 aliphatic carbocycles. The molecule has 1 aliphatic heterocycles. The van der Waals surface area contributed by atoms with Crippen LogP contribution in [-0.2, 0) is 22.7 Å². The number of nitrogens with one attached hydrogen (secondary N) is 1. The fourth-order valence-electron chi connectivity index (χ4n) is 3.34. The summed E-state index contributed by atoms with van der Waals surface area (Å²) in [5.74, 6) is 0.290. The van der Waals surface area contributed by atoms with Crippen molar-refractivity contribution in [3.05, 3.63) is 35.4 Å². The van der Waals surface area contributed by atoms with E-state index in [2.05, 4.69) is 15.5 Å². The van der Waals surface area contributed by atoms with Crippen LogP contribution >= 0.6 is 11.8 Å². The highest BCUT2D eigenvalue weighted by Crippen LogP contribution is 2.25. The molecule has 1 aliphatic rings. The monoisotopic (exact) mass is 433 g/mol. The fraction of sp³-hybridized carbons (Fsp3) is 0.524. The molecule has 1 fully saturated rings. The van der Waals surface area contributed by atoms with Crippen LogP contribution in [0.4, 0.5) is 10.1 Å². The highest BCUT2D eigenvalue weighted by atomic mass is 32.2.